The van der Waals surface area contributed by atoms with Crippen LogP contribution in [0, 0.1) is 0 Å². The first-order valence-electron chi connectivity index (χ1n) is 14.0. The molecule has 1 saturated carbocycles. The third kappa shape index (κ3) is 6.67. The molecule has 0 saturated heterocycles. The van der Waals surface area contributed by atoms with Gasteiger partial charge in [-0.25, -0.2) is 14.8 Å². The number of carbonyl (C=O) groups excluding carboxylic acids is 3. The molecule has 212 valence electrons. The molecule has 40 heavy (non-hydrogen) atoms. The Labute approximate surface area is 233 Å². The number of nitrogens with one attached hydrogen (secondary N) is 4. The number of anilines is 3. The van der Waals surface area contributed by atoms with E-state index in [1.165, 1.54) is 12.7 Å². The lowest BCUT2D eigenvalue weighted by atomic mass is 9.96. The first kappa shape index (κ1) is 27.4. The SMILES string of the molecule is CN1CCCNc2ncnc3c2C(C=Nc2ccc(NC(=O)NC4CCCCC4)c(c2)OCCCC1=O)C(=O)N3. The van der Waals surface area contributed by atoms with Crippen LogP contribution >= 0.6 is 0 Å². The lowest BCUT2D eigenvalue weighted by molar-refractivity contribution is -0.130. The van der Waals surface area contributed by atoms with Crippen LogP contribution in [-0.2, 0) is 9.59 Å². The van der Waals surface area contributed by atoms with Gasteiger partial charge in [-0.1, -0.05) is 19.3 Å². The van der Waals surface area contributed by atoms with E-state index in [2.05, 4.69) is 36.2 Å². The number of hydrogen-bond donors (Lipinski definition) is 4. The summed E-state index contributed by atoms with van der Waals surface area (Å²) in [4.78, 5) is 53.0. The summed E-state index contributed by atoms with van der Waals surface area (Å²) in [6, 6.07) is 5.10. The topological polar surface area (TPSA) is 150 Å². The molecule has 1 fully saturated rings. The second-order valence-electron chi connectivity index (χ2n) is 10.4. The average Bonchev–Trinajstić information content (AvgIpc) is 3.28. The van der Waals surface area contributed by atoms with E-state index in [1.54, 1.807) is 36.4 Å². The predicted octanol–water partition coefficient (Wildman–Crippen LogP) is 3.80. The first-order valence-corrected chi connectivity index (χ1v) is 14.0. The molecule has 4 amide bonds. The van der Waals surface area contributed by atoms with Crippen LogP contribution in [0.4, 0.5) is 27.8 Å². The van der Waals surface area contributed by atoms with Gasteiger partial charge in [0.15, 0.2) is 0 Å². The summed E-state index contributed by atoms with van der Waals surface area (Å²) in [5, 5.41) is 12.1. The lowest BCUT2D eigenvalue weighted by Gasteiger charge is -2.23. The first-order chi connectivity index (χ1) is 19.5. The maximum absolute atomic E-state index is 12.8. The number of carbonyl (C=O) groups is 3. The number of hydrogen-bond acceptors (Lipinski definition) is 8. The highest BCUT2D eigenvalue weighted by molar-refractivity contribution is 6.13. The smallest absolute Gasteiger partial charge is 0.319 e. The van der Waals surface area contributed by atoms with Gasteiger partial charge in [0.05, 0.1) is 23.5 Å². The van der Waals surface area contributed by atoms with Gasteiger partial charge in [0.25, 0.3) is 0 Å². The summed E-state index contributed by atoms with van der Waals surface area (Å²) >= 11 is 0. The molecule has 3 heterocycles. The molecule has 1 atom stereocenters. The maximum atomic E-state index is 12.8. The number of fused-ring (bicyclic) bond motifs is 2. The Morgan fingerprint density at radius 2 is 1.90 bits per heavy atom. The molecule has 12 heteroatoms. The Morgan fingerprint density at radius 1 is 1.07 bits per heavy atom. The second kappa shape index (κ2) is 12.8. The van der Waals surface area contributed by atoms with E-state index in [9.17, 15) is 14.4 Å². The fourth-order valence-corrected chi connectivity index (χ4v) is 5.21. The van der Waals surface area contributed by atoms with Crippen LogP contribution in [0.1, 0.15) is 62.8 Å². The summed E-state index contributed by atoms with van der Waals surface area (Å²) in [5.74, 6) is 0.570. The van der Waals surface area contributed by atoms with Crippen molar-refractivity contribution in [3.8, 4) is 5.75 Å². The van der Waals surface area contributed by atoms with Crippen molar-refractivity contribution < 1.29 is 19.1 Å². The molecular formula is C28H36N8O4. The van der Waals surface area contributed by atoms with Gasteiger partial charge in [-0.2, -0.15) is 0 Å². The average molecular weight is 549 g/mol. The minimum Gasteiger partial charge on any atom is -0.491 e. The van der Waals surface area contributed by atoms with Crippen molar-refractivity contribution in [1.82, 2.24) is 20.2 Å². The highest BCUT2D eigenvalue weighted by Gasteiger charge is 2.33. The molecule has 4 N–H and O–H groups in total. The van der Waals surface area contributed by atoms with Crippen molar-refractivity contribution in [3.63, 3.8) is 0 Å². The number of benzene rings is 1. The van der Waals surface area contributed by atoms with Crippen LogP contribution in [0.2, 0.25) is 0 Å². The zero-order valence-corrected chi connectivity index (χ0v) is 22.7. The van der Waals surface area contributed by atoms with Crippen LogP contribution in [0.5, 0.6) is 5.75 Å². The second-order valence-corrected chi connectivity index (χ2v) is 10.4. The number of rotatable bonds is 2. The van der Waals surface area contributed by atoms with E-state index in [-0.39, 0.29) is 23.9 Å². The predicted molar refractivity (Wildman–Crippen MR) is 152 cm³/mol. The van der Waals surface area contributed by atoms with Crippen molar-refractivity contribution in [3.05, 3.63) is 30.1 Å². The largest absolute Gasteiger partial charge is 0.491 e. The summed E-state index contributed by atoms with van der Waals surface area (Å²) in [6.45, 7) is 1.45. The van der Waals surface area contributed by atoms with E-state index >= 15 is 0 Å². The highest BCUT2D eigenvalue weighted by Crippen LogP contribution is 2.36. The van der Waals surface area contributed by atoms with E-state index < -0.39 is 5.92 Å². The fourth-order valence-electron chi connectivity index (χ4n) is 5.21. The highest BCUT2D eigenvalue weighted by atomic mass is 16.5. The quantitative estimate of drug-likeness (QED) is 0.446. The minimum absolute atomic E-state index is 0.0334. The standard InChI is InChI=1S/C28H36N8O4/c1-36-13-6-12-29-25-24-20(27(38)35-26(24)32-17-31-25)16-30-19-10-11-21(22(15-19)40-14-5-9-23(36)37)34-28(39)33-18-7-3-2-4-8-18/h10-11,15-18,20H,2-9,12-14H2,1H3,(H2,33,34,39)(H2,29,31,32,35,38). The lowest BCUT2D eigenvalue weighted by Crippen LogP contribution is -2.39. The number of ether oxygens (including phenoxy) is 1. The molecule has 1 aromatic carbocycles. The Bertz CT molecular complexity index is 1280. The van der Waals surface area contributed by atoms with Gasteiger partial charge in [-0.15, -0.1) is 0 Å². The van der Waals surface area contributed by atoms with Crippen molar-refractivity contribution in [1.29, 1.82) is 0 Å². The molecule has 2 aliphatic heterocycles. The number of amides is 4. The molecular weight excluding hydrogens is 512 g/mol. The molecule has 3 aliphatic rings. The molecule has 5 rings (SSSR count). The number of nitrogens with zero attached hydrogens (tertiary/aromatic N) is 4. The monoisotopic (exact) mass is 548 g/mol. The van der Waals surface area contributed by atoms with Crippen LogP contribution in [0.3, 0.4) is 0 Å². The van der Waals surface area contributed by atoms with Crippen molar-refractivity contribution in [2.45, 2.75) is 63.3 Å². The van der Waals surface area contributed by atoms with Gasteiger partial charge in [0, 0.05) is 44.9 Å². The minimum atomic E-state index is -0.676. The molecule has 2 bridgehead atoms. The number of aliphatic imine (C=N–C) groups is 1. The molecule has 1 aliphatic carbocycles. The van der Waals surface area contributed by atoms with E-state index in [4.69, 9.17) is 4.74 Å². The molecule has 2 aromatic rings. The molecule has 0 radical (unpaired) electrons. The summed E-state index contributed by atoms with van der Waals surface area (Å²) in [6.07, 6.45) is 9.96. The van der Waals surface area contributed by atoms with Crippen LogP contribution in [-0.4, -0.2) is 71.7 Å². The number of urea groups is 1. The third-order valence-electron chi connectivity index (χ3n) is 7.43. The zero-order valence-electron chi connectivity index (χ0n) is 22.7. The Kier molecular flexibility index (Phi) is 8.72. The normalized spacial score (nSPS) is 20.3. The van der Waals surface area contributed by atoms with Gasteiger partial charge in [0.2, 0.25) is 11.8 Å². The van der Waals surface area contributed by atoms with Crippen molar-refractivity contribution >= 4 is 47.1 Å². The third-order valence-corrected chi connectivity index (χ3v) is 7.43. The van der Waals surface area contributed by atoms with Crippen LogP contribution < -0.4 is 26.0 Å². The Morgan fingerprint density at radius 3 is 2.75 bits per heavy atom. The summed E-state index contributed by atoms with van der Waals surface area (Å²) in [7, 11) is 1.79. The van der Waals surface area contributed by atoms with Gasteiger partial charge >= 0.3 is 6.03 Å². The van der Waals surface area contributed by atoms with Crippen molar-refractivity contribution in [2.75, 3.05) is 42.7 Å². The van der Waals surface area contributed by atoms with Crippen LogP contribution in [0.15, 0.2) is 29.5 Å². The van der Waals surface area contributed by atoms with E-state index in [1.807, 2.05) is 0 Å². The molecule has 1 unspecified atom stereocenters. The molecule has 12 nitrogen and oxygen atoms in total. The molecule has 1 aromatic heterocycles. The Balaban J connectivity index is 1.39. The fraction of sp³-hybridized carbons (Fsp3) is 0.500. The van der Waals surface area contributed by atoms with Gasteiger partial charge in [-0.3, -0.25) is 14.6 Å². The summed E-state index contributed by atoms with van der Waals surface area (Å²) < 4.78 is 6.04. The van der Waals surface area contributed by atoms with Crippen molar-refractivity contribution in [2.24, 2.45) is 4.99 Å². The number of aromatic nitrogens is 2. The van der Waals surface area contributed by atoms with Gasteiger partial charge < -0.3 is 30.9 Å². The molecule has 0 spiro atoms. The maximum Gasteiger partial charge on any atom is 0.319 e. The van der Waals surface area contributed by atoms with Crippen LogP contribution in [0.25, 0.3) is 0 Å². The van der Waals surface area contributed by atoms with E-state index in [0.29, 0.717) is 73.3 Å². The van der Waals surface area contributed by atoms with Gasteiger partial charge in [0.1, 0.15) is 29.6 Å². The Hall–Kier alpha value is -4.22. The van der Waals surface area contributed by atoms with Gasteiger partial charge in [-0.05, 0) is 37.8 Å². The van der Waals surface area contributed by atoms with E-state index in [0.717, 1.165) is 25.7 Å². The summed E-state index contributed by atoms with van der Waals surface area (Å²) in [5.41, 5.74) is 1.70. The zero-order chi connectivity index (χ0) is 27.9.